The van der Waals surface area contributed by atoms with E-state index in [4.69, 9.17) is 9.47 Å². The van der Waals surface area contributed by atoms with Crippen molar-refractivity contribution in [2.24, 2.45) is 0 Å². The summed E-state index contributed by atoms with van der Waals surface area (Å²) in [6.07, 6.45) is 1.49. The van der Waals surface area contributed by atoms with E-state index < -0.39 is 5.91 Å². The van der Waals surface area contributed by atoms with Gasteiger partial charge in [0.15, 0.2) is 6.61 Å². The smallest absolute Gasteiger partial charge is 0.266 e. The number of carbonyl (C=O) groups excluding carboxylic acids is 2. The molecule has 0 unspecified atom stereocenters. The first-order valence-corrected chi connectivity index (χ1v) is 10.1. The molecule has 3 aromatic rings. The summed E-state index contributed by atoms with van der Waals surface area (Å²) < 4.78 is 10.7. The van der Waals surface area contributed by atoms with Crippen LogP contribution in [-0.4, -0.2) is 25.5 Å². The normalized spacial score (nSPS) is 10.6. The molecule has 3 aromatic carbocycles. The van der Waals surface area contributed by atoms with Gasteiger partial charge in [-0.2, -0.15) is 5.26 Å². The summed E-state index contributed by atoms with van der Waals surface area (Å²) in [6.45, 7) is 1.73. The second-order valence-corrected chi connectivity index (χ2v) is 7.10. The van der Waals surface area contributed by atoms with Crippen LogP contribution in [-0.2, 0) is 9.59 Å². The first-order chi connectivity index (χ1) is 16.0. The zero-order chi connectivity index (χ0) is 23.6. The zero-order valence-electron chi connectivity index (χ0n) is 18.3. The summed E-state index contributed by atoms with van der Waals surface area (Å²) in [6, 6.07) is 23.1. The average molecular weight is 441 g/mol. The second kappa shape index (κ2) is 11.2. The molecule has 7 nitrogen and oxygen atoms in total. The van der Waals surface area contributed by atoms with Crippen LogP contribution in [0.2, 0.25) is 0 Å². The maximum absolute atomic E-state index is 12.4. The van der Waals surface area contributed by atoms with Crippen molar-refractivity contribution in [3.63, 3.8) is 0 Å². The summed E-state index contributed by atoms with van der Waals surface area (Å²) in [7, 11) is 1.53. The molecular formula is C26H23N3O4. The molecule has 7 heteroatoms. The van der Waals surface area contributed by atoms with Gasteiger partial charge in [-0.3, -0.25) is 9.59 Å². The fourth-order valence-electron chi connectivity index (χ4n) is 2.98. The molecule has 2 N–H and O–H groups in total. The van der Waals surface area contributed by atoms with E-state index in [9.17, 15) is 14.9 Å². The van der Waals surface area contributed by atoms with Crippen LogP contribution in [0.1, 0.15) is 11.1 Å². The molecule has 0 saturated heterocycles. The molecule has 0 aliphatic rings. The maximum atomic E-state index is 12.4. The molecule has 2 amide bonds. The average Bonchev–Trinajstić information content (AvgIpc) is 2.82. The fourth-order valence-corrected chi connectivity index (χ4v) is 2.98. The Kier molecular flexibility index (Phi) is 7.81. The standard InChI is InChI=1S/C26H23N3O4/c1-18-6-5-7-21(14-18)28-26(31)20(16-27)15-19-10-12-22(13-11-19)33-17-25(30)29-23-8-3-4-9-24(23)32-2/h3-15H,17H2,1-2H3,(H,28,31)(H,29,30)/b20-15+. The van der Waals surface area contributed by atoms with E-state index >= 15 is 0 Å². The molecule has 0 heterocycles. The minimum absolute atomic E-state index is 0.0265. The number of para-hydroxylation sites is 2. The van der Waals surface area contributed by atoms with E-state index in [1.807, 2.05) is 37.3 Å². The highest BCUT2D eigenvalue weighted by Crippen LogP contribution is 2.23. The van der Waals surface area contributed by atoms with Crippen molar-refractivity contribution in [1.82, 2.24) is 0 Å². The number of rotatable bonds is 8. The Morgan fingerprint density at radius 2 is 1.76 bits per heavy atom. The zero-order valence-corrected chi connectivity index (χ0v) is 18.3. The van der Waals surface area contributed by atoms with Gasteiger partial charge in [0, 0.05) is 5.69 Å². The van der Waals surface area contributed by atoms with E-state index in [1.165, 1.54) is 13.2 Å². The van der Waals surface area contributed by atoms with Crippen LogP contribution in [0.25, 0.3) is 6.08 Å². The Labute approximate surface area is 192 Å². The Balaban J connectivity index is 1.58. The van der Waals surface area contributed by atoms with Crippen LogP contribution in [0.3, 0.4) is 0 Å². The van der Waals surface area contributed by atoms with Crippen LogP contribution < -0.4 is 20.1 Å². The number of nitrogens with zero attached hydrogens (tertiary/aromatic N) is 1. The number of nitriles is 1. The van der Waals surface area contributed by atoms with Crippen molar-refractivity contribution in [3.05, 3.63) is 89.5 Å². The molecule has 0 spiro atoms. The lowest BCUT2D eigenvalue weighted by molar-refractivity contribution is -0.118. The van der Waals surface area contributed by atoms with Gasteiger partial charge in [0.05, 0.1) is 12.8 Å². The molecule has 0 radical (unpaired) electrons. The highest BCUT2D eigenvalue weighted by atomic mass is 16.5. The number of carbonyl (C=O) groups is 2. The fraction of sp³-hybridized carbons (Fsp3) is 0.115. The van der Waals surface area contributed by atoms with Crippen molar-refractivity contribution in [3.8, 4) is 17.6 Å². The lowest BCUT2D eigenvalue weighted by atomic mass is 10.1. The van der Waals surface area contributed by atoms with Gasteiger partial charge in [-0.15, -0.1) is 0 Å². The molecule has 3 rings (SSSR count). The Morgan fingerprint density at radius 3 is 2.45 bits per heavy atom. The predicted octanol–water partition coefficient (Wildman–Crippen LogP) is 4.57. The number of ether oxygens (including phenoxy) is 2. The van der Waals surface area contributed by atoms with E-state index in [-0.39, 0.29) is 18.1 Å². The third kappa shape index (κ3) is 6.71. The molecule has 33 heavy (non-hydrogen) atoms. The molecule has 0 aliphatic heterocycles. The van der Waals surface area contributed by atoms with Gasteiger partial charge in [0.1, 0.15) is 23.1 Å². The molecule has 0 aliphatic carbocycles. The molecule has 0 fully saturated rings. The third-order valence-corrected chi connectivity index (χ3v) is 4.58. The Morgan fingerprint density at radius 1 is 1.00 bits per heavy atom. The van der Waals surface area contributed by atoms with Crippen LogP contribution in [0, 0.1) is 18.3 Å². The largest absolute Gasteiger partial charge is 0.495 e. The number of benzene rings is 3. The number of hydrogen-bond donors (Lipinski definition) is 2. The van der Waals surface area contributed by atoms with Gasteiger partial charge in [-0.05, 0) is 60.5 Å². The van der Waals surface area contributed by atoms with E-state index in [0.717, 1.165) is 5.56 Å². The summed E-state index contributed by atoms with van der Waals surface area (Å²) in [5, 5.41) is 14.8. The SMILES string of the molecule is COc1ccccc1NC(=O)COc1ccc(/C=C(\C#N)C(=O)Nc2cccc(C)c2)cc1. The highest BCUT2D eigenvalue weighted by molar-refractivity contribution is 6.09. The molecule has 166 valence electrons. The number of amides is 2. The number of hydrogen-bond acceptors (Lipinski definition) is 5. The molecular weight excluding hydrogens is 418 g/mol. The first kappa shape index (κ1) is 23.1. The van der Waals surface area contributed by atoms with Crippen molar-refractivity contribution in [2.75, 3.05) is 24.4 Å². The van der Waals surface area contributed by atoms with E-state index in [1.54, 1.807) is 48.5 Å². The van der Waals surface area contributed by atoms with Crippen molar-refractivity contribution in [1.29, 1.82) is 5.26 Å². The Hall–Kier alpha value is -4.57. The lowest BCUT2D eigenvalue weighted by Gasteiger charge is -2.10. The summed E-state index contributed by atoms with van der Waals surface area (Å²) in [5.41, 5.74) is 2.80. The minimum atomic E-state index is -0.489. The van der Waals surface area contributed by atoms with Crippen molar-refractivity contribution >= 4 is 29.3 Å². The second-order valence-electron chi connectivity index (χ2n) is 7.10. The molecule has 0 bridgehead atoms. The van der Waals surface area contributed by atoms with E-state index in [0.29, 0.717) is 28.4 Å². The Bertz CT molecular complexity index is 1210. The summed E-state index contributed by atoms with van der Waals surface area (Å²) >= 11 is 0. The monoisotopic (exact) mass is 441 g/mol. The number of aryl methyl sites for hydroxylation is 1. The summed E-state index contributed by atoms with van der Waals surface area (Å²) in [4.78, 5) is 24.6. The van der Waals surface area contributed by atoms with Crippen LogP contribution in [0.4, 0.5) is 11.4 Å². The first-order valence-electron chi connectivity index (χ1n) is 10.1. The van der Waals surface area contributed by atoms with Crippen LogP contribution >= 0.6 is 0 Å². The van der Waals surface area contributed by atoms with Gasteiger partial charge in [0.25, 0.3) is 11.8 Å². The maximum Gasteiger partial charge on any atom is 0.266 e. The van der Waals surface area contributed by atoms with Gasteiger partial charge < -0.3 is 20.1 Å². The number of methoxy groups -OCH3 is 1. The molecule has 0 atom stereocenters. The minimum Gasteiger partial charge on any atom is -0.495 e. The highest BCUT2D eigenvalue weighted by Gasteiger charge is 2.10. The van der Waals surface area contributed by atoms with Crippen molar-refractivity contribution < 1.29 is 19.1 Å². The summed E-state index contributed by atoms with van der Waals surface area (Å²) in [5.74, 6) is 0.214. The predicted molar refractivity (Wildman–Crippen MR) is 127 cm³/mol. The topological polar surface area (TPSA) is 100 Å². The third-order valence-electron chi connectivity index (χ3n) is 4.58. The van der Waals surface area contributed by atoms with Gasteiger partial charge in [-0.1, -0.05) is 36.4 Å². The van der Waals surface area contributed by atoms with Crippen LogP contribution in [0.5, 0.6) is 11.5 Å². The number of nitrogens with one attached hydrogen (secondary N) is 2. The quantitative estimate of drug-likeness (QED) is 0.394. The number of anilines is 2. The van der Waals surface area contributed by atoms with Gasteiger partial charge in [0.2, 0.25) is 0 Å². The van der Waals surface area contributed by atoms with Crippen LogP contribution in [0.15, 0.2) is 78.4 Å². The molecule has 0 aromatic heterocycles. The van der Waals surface area contributed by atoms with E-state index in [2.05, 4.69) is 10.6 Å². The van der Waals surface area contributed by atoms with Gasteiger partial charge >= 0.3 is 0 Å². The van der Waals surface area contributed by atoms with Crippen molar-refractivity contribution in [2.45, 2.75) is 6.92 Å². The lowest BCUT2D eigenvalue weighted by Crippen LogP contribution is -2.20. The van der Waals surface area contributed by atoms with Gasteiger partial charge in [-0.25, -0.2) is 0 Å². The molecule has 0 saturated carbocycles.